The molecule has 0 saturated carbocycles. The van der Waals surface area contributed by atoms with Gasteiger partial charge in [-0.2, -0.15) is 11.8 Å². The van der Waals surface area contributed by atoms with Crippen LogP contribution in [0.2, 0.25) is 5.15 Å². The Morgan fingerprint density at radius 3 is 3.18 bits per heavy atom. The summed E-state index contributed by atoms with van der Waals surface area (Å²) in [6, 6.07) is 3.97. The van der Waals surface area contributed by atoms with Crippen molar-refractivity contribution in [1.29, 1.82) is 0 Å². The van der Waals surface area contributed by atoms with Crippen LogP contribution in [-0.2, 0) is 0 Å². The van der Waals surface area contributed by atoms with Gasteiger partial charge < -0.3 is 10.4 Å². The normalized spacial score (nSPS) is 26.1. The molecule has 1 aromatic heterocycles. The van der Waals surface area contributed by atoms with Crippen molar-refractivity contribution >= 4 is 23.4 Å². The fraction of sp³-hybridized carbons (Fsp3) is 0.583. The highest BCUT2D eigenvalue weighted by Crippen LogP contribution is 2.27. The van der Waals surface area contributed by atoms with Gasteiger partial charge in [0.15, 0.2) is 0 Å². The lowest BCUT2D eigenvalue weighted by Gasteiger charge is -2.24. The van der Waals surface area contributed by atoms with Gasteiger partial charge in [0.05, 0.1) is 5.60 Å². The number of thioether (sulfide) groups is 1. The quantitative estimate of drug-likeness (QED) is 0.826. The van der Waals surface area contributed by atoms with Crippen LogP contribution in [0, 0.1) is 0 Å². The third-order valence-electron chi connectivity index (χ3n) is 3.07. The number of halogens is 1. The van der Waals surface area contributed by atoms with Crippen LogP contribution in [-0.4, -0.2) is 33.7 Å². The van der Waals surface area contributed by atoms with Crippen LogP contribution in [0.3, 0.4) is 0 Å². The summed E-state index contributed by atoms with van der Waals surface area (Å²) in [6.07, 6.45) is 2.57. The third kappa shape index (κ3) is 3.58. The third-order valence-corrected chi connectivity index (χ3v) is 4.51. The first kappa shape index (κ1) is 13.1. The highest BCUT2D eigenvalue weighted by Gasteiger charge is 2.31. The molecule has 2 N–H and O–H groups in total. The zero-order valence-corrected chi connectivity index (χ0v) is 11.4. The van der Waals surface area contributed by atoms with Gasteiger partial charge in [0.2, 0.25) is 0 Å². The standard InChI is InChI=1S/C12H17ClN2OS/c1-9(10-2-4-14-11(13)6-10)15-7-12(16)3-5-17-8-12/h2,4,6,9,15-16H,3,5,7-8H2,1H3. The summed E-state index contributed by atoms with van der Waals surface area (Å²) in [5, 5.41) is 14.1. The predicted octanol–water partition coefficient (Wildman–Crippen LogP) is 2.25. The Hall–Kier alpha value is -0.290. The molecule has 17 heavy (non-hydrogen) atoms. The Morgan fingerprint density at radius 2 is 2.53 bits per heavy atom. The Bertz CT molecular complexity index is 383. The average Bonchev–Trinajstić information content (AvgIpc) is 2.74. The van der Waals surface area contributed by atoms with Gasteiger partial charge in [-0.15, -0.1) is 0 Å². The SMILES string of the molecule is CC(NCC1(O)CCSC1)c1ccnc(Cl)c1. The van der Waals surface area contributed by atoms with Crippen molar-refractivity contribution in [2.24, 2.45) is 0 Å². The fourth-order valence-corrected chi connectivity index (χ4v) is 3.36. The van der Waals surface area contributed by atoms with Crippen LogP contribution in [0.4, 0.5) is 0 Å². The largest absolute Gasteiger partial charge is 0.388 e. The lowest BCUT2D eigenvalue weighted by atomic mass is 10.0. The highest BCUT2D eigenvalue weighted by molar-refractivity contribution is 7.99. The molecule has 2 unspecified atom stereocenters. The summed E-state index contributed by atoms with van der Waals surface area (Å²) in [7, 11) is 0. The maximum absolute atomic E-state index is 10.2. The highest BCUT2D eigenvalue weighted by atomic mass is 35.5. The molecule has 2 rings (SSSR count). The topological polar surface area (TPSA) is 45.1 Å². The monoisotopic (exact) mass is 272 g/mol. The molecule has 0 radical (unpaired) electrons. The summed E-state index contributed by atoms with van der Waals surface area (Å²) < 4.78 is 0. The smallest absolute Gasteiger partial charge is 0.129 e. The minimum atomic E-state index is -0.546. The van der Waals surface area contributed by atoms with Gasteiger partial charge in [0.1, 0.15) is 5.15 Å². The van der Waals surface area contributed by atoms with Gasteiger partial charge in [-0.1, -0.05) is 11.6 Å². The second kappa shape index (κ2) is 5.57. The van der Waals surface area contributed by atoms with Crippen LogP contribution in [0.5, 0.6) is 0 Å². The molecule has 2 heterocycles. The van der Waals surface area contributed by atoms with E-state index in [1.807, 2.05) is 23.9 Å². The van der Waals surface area contributed by atoms with Crippen molar-refractivity contribution < 1.29 is 5.11 Å². The lowest BCUT2D eigenvalue weighted by Crippen LogP contribution is -2.41. The number of aliphatic hydroxyl groups is 1. The van der Waals surface area contributed by atoms with E-state index in [1.54, 1.807) is 6.20 Å². The molecule has 94 valence electrons. The van der Waals surface area contributed by atoms with Crippen molar-refractivity contribution in [3.8, 4) is 0 Å². The van der Waals surface area contributed by atoms with Crippen LogP contribution in [0.1, 0.15) is 24.9 Å². The van der Waals surface area contributed by atoms with Gasteiger partial charge >= 0.3 is 0 Å². The molecule has 1 saturated heterocycles. The molecule has 0 aliphatic carbocycles. The zero-order valence-electron chi connectivity index (χ0n) is 9.82. The molecule has 1 aromatic rings. The molecule has 2 atom stereocenters. The van der Waals surface area contributed by atoms with Gasteiger partial charge in [0, 0.05) is 24.5 Å². The number of nitrogens with one attached hydrogen (secondary N) is 1. The second-order valence-electron chi connectivity index (χ2n) is 4.54. The lowest BCUT2D eigenvalue weighted by molar-refractivity contribution is 0.0651. The Kier molecular flexibility index (Phi) is 4.31. The van der Waals surface area contributed by atoms with Crippen LogP contribution in [0.15, 0.2) is 18.3 Å². The van der Waals surface area contributed by atoms with Gasteiger partial charge in [-0.25, -0.2) is 4.98 Å². The van der Waals surface area contributed by atoms with Gasteiger partial charge in [-0.3, -0.25) is 0 Å². The fourth-order valence-electron chi connectivity index (χ4n) is 1.88. The maximum atomic E-state index is 10.2. The van der Waals surface area contributed by atoms with Crippen molar-refractivity contribution in [1.82, 2.24) is 10.3 Å². The molecule has 5 heteroatoms. The summed E-state index contributed by atoms with van der Waals surface area (Å²) in [5.41, 5.74) is 0.551. The van der Waals surface area contributed by atoms with Crippen molar-refractivity contribution in [3.63, 3.8) is 0 Å². The molecule has 1 fully saturated rings. The number of nitrogens with zero attached hydrogens (tertiary/aromatic N) is 1. The predicted molar refractivity (Wildman–Crippen MR) is 72.6 cm³/mol. The van der Waals surface area contributed by atoms with Crippen molar-refractivity contribution in [3.05, 3.63) is 29.0 Å². The first-order valence-electron chi connectivity index (χ1n) is 5.74. The van der Waals surface area contributed by atoms with E-state index in [4.69, 9.17) is 11.6 Å². The van der Waals surface area contributed by atoms with E-state index < -0.39 is 5.60 Å². The summed E-state index contributed by atoms with van der Waals surface area (Å²) in [6.45, 7) is 2.69. The first-order valence-corrected chi connectivity index (χ1v) is 7.27. The zero-order chi connectivity index (χ0) is 12.3. The minimum Gasteiger partial charge on any atom is -0.388 e. The minimum absolute atomic E-state index is 0.171. The van der Waals surface area contributed by atoms with Crippen molar-refractivity contribution in [2.75, 3.05) is 18.1 Å². The number of hydrogen-bond donors (Lipinski definition) is 2. The summed E-state index contributed by atoms with van der Waals surface area (Å²) in [4.78, 5) is 3.96. The van der Waals surface area contributed by atoms with E-state index in [9.17, 15) is 5.11 Å². The van der Waals surface area contributed by atoms with Crippen molar-refractivity contribution in [2.45, 2.75) is 25.0 Å². The molecule has 1 aliphatic heterocycles. The molecular formula is C12H17ClN2OS. The second-order valence-corrected chi connectivity index (χ2v) is 6.03. The summed E-state index contributed by atoms with van der Waals surface area (Å²) >= 11 is 7.66. The van der Waals surface area contributed by atoms with E-state index in [1.165, 1.54) is 0 Å². The molecule has 0 spiro atoms. The van der Waals surface area contributed by atoms with E-state index in [-0.39, 0.29) is 6.04 Å². The molecule has 0 amide bonds. The molecular weight excluding hydrogens is 256 g/mol. The molecule has 0 bridgehead atoms. The van der Waals surface area contributed by atoms with Gasteiger partial charge in [0.25, 0.3) is 0 Å². The van der Waals surface area contributed by atoms with E-state index in [2.05, 4.69) is 17.2 Å². The van der Waals surface area contributed by atoms with E-state index >= 15 is 0 Å². The number of aromatic nitrogens is 1. The van der Waals surface area contributed by atoms with Crippen LogP contribution in [0.25, 0.3) is 0 Å². The molecule has 3 nitrogen and oxygen atoms in total. The number of pyridine rings is 1. The van der Waals surface area contributed by atoms with Crippen LogP contribution >= 0.6 is 23.4 Å². The van der Waals surface area contributed by atoms with Gasteiger partial charge in [-0.05, 0) is 36.8 Å². The number of rotatable bonds is 4. The Morgan fingerprint density at radius 1 is 1.71 bits per heavy atom. The number of hydrogen-bond acceptors (Lipinski definition) is 4. The van der Waals surface area contributed by atoms with E-state index in [0.29, 0.717) is 11.7 Å². The molecule has 0 aromatic carbocycles. The summed E-state index contributed by atoms with van der Waals surface area (Å²) in [5.74, 6) is 1.87. The Balaban J connectivity index is 1.91. The first-order chi connectivity index (χ1) is 8.09. The average molecular weight is 273 g/mol. The molecule has 1 aliphatic rings. The van der Waals surface area contributed by atoms with E-state index in [0.717, 1.165) is 23.5 Å². The maximum Gasteiger partial charge on any atom is 0.129 e. The Labute approximate surface area is 111 Å². The van der Waals surface area contributed by atoms with Crippen LogP contribution < -0.4 is 5.32 Å².